The lowest BCUT2D eigenvalue weighted by Gasteiger charge is -2.12. The highest BCUT2D eigenvalue weighted by atomic mass is 32.2. The van der Waals surface area contributed by atoms with E-state index >= 15 is 0 Å². The number of methoxy groups -OCH3 is 3. The summed E-state index contributed by atoms with van der Waals surface area (Å²) in [5.74, 6) is 0.891. The summed E-state index contributed by atoms with van der Waals surface area (Å²) in [5, 5.41) is 10.1. The Kier molecular flexibility index (Phi) is 6.79. The Balaban J connectivity index is 1.74. The van der Waals surface area contributed by atoms with Crippen LogP contribution in [0.3, 0.4) is 0 Å². The first-order valence-electron chi connectivity index (χ1n) is 9.18. The van der Waals surface area contributed by atoms with Crippen molar-refractivity contribution in [3.05, 3.63) is 48.0 Å². The third kappa shape index (κ3) is 5.24. The maximum absolute atomic E-state index is 12.3. The van der Waals surface area contributed by atoms with E-state index < -0.39 is 15.7 Å². The van der Waals surface area contributed by atoms with E-state index in [1.165, 1.54) is 39.5 Å². The molecule has 10 nitrogen and oxygen atoms in total. The Labute approximate surface area is 184 Å². The number of carbonyl (C=O) groups is 1. The second-order valence-electron chi connectivity index (χ2n) is 6.49. The number of hydrogen-bond donors (Lipinski definition) is 1. The molecule has 1 heterocycles. The molecule has 0 unspecified atom stereocenters. The highest BCUT2D eigenvalue weighted by molar-refractivity contribution is 7.90. The minimum absolute atomic E-state index is 0.0689. The third-order valence-corrected chi connectivity index (χ3v) is 5.39. The lowest BCUT2D eigenvalue weighted by Crippen LogP contribution is -2.07. The van der Waals surface area contributed by atoms with Gasteiger partial charge in [0.15, 0.2) is 21.3 Å². The molecule has 3 rings (SSSR count). The molecular formula is C21H21N3O7S. The maximum atomic E-state index is 12.3. The van der Waals surface area contributed by atoms with Gasteiger partial charge in [0.25, 0.3) is 5.91 Å². The second kappa shape index (κ2) is 9.52. The number of carbonyl (C=O) groups excluding carboxylic acids is 1. The van der Waals surface area contributed by atoms with Crippen LogP contribution in [0.2, 0.25) is 0 Å². The van der Waals surface area contributed by atoms with E-state index in [1.54, 1.807) is 30.3 Å². The van der Waals surface area contributed by atoms with E-state index in [2.05, 4.69) is 15.5 Å². The minimum atomic E-state index is -3.39. The fourth-order valence-electron chi connectivity index (χ4n) is 2.77. The summed E-state index contributed by atoms with van der Waals surface area (Å²) in [4.78, 5) is 12.4. The molecule has 0 bridgehead atoms. The fourth-order valence-corrected chi connectivity index (χ4v) is 3.43. The van der Waals surface area contributed by atoms with Gasteiger partial charge in [-0.25, -0.2) is 8.42 Å². The number of ether oxygens (including phenoxy) is 3. The van der Waals surface area contributed by atoms with E-state index in [4.69, 9.17) is 18.6 Å². The van der Waals surface area contributed by atoms with E-state index in [1.807, 2.05) is 0 Å². The molecule has 2 aromatic carbocycles. The van der Waals surface area contributed by atoms with Crippen molar-refractivity contribution in [1.82, 2.24) is 10.2 Å². The number of rotatable bonds is 8. The van der Waals surface area contributed by atoms with Gasteiger partial charge in [-0.15, -0.1) is 5.10 Å². The molecule has 0 saturated carbocycles. The summed E-state index contributed by atoms with van der Waals surface area (Å²) in [7, 11) is 1.10. The smallest absolute Gasteiger partial charge is 0.322 e. The van der Waals surface area contributed by atoms with Gasteiger partial charge < -0.3 is 18.6 Å². The molecule has 3 aromatic rings. The van der Waals surface area contributed by atoms with Crippen molar-refractivity contribution < 1.29 is 31.8 Å². The molecule has 0 spiro atoms. The lowest BCUT2D eigenvalue weighted by molar-refractivity contribution is -0.112. The lowest BCUT2D eigenvalue weighted by atomic mass is 10.1. The molecule has 0 aliphatic carbocycles. The average Bonchev–Trinajstić information content (AvgIpc) is 3.24. The van der Waals surface area contributed by atoms with Gasteiger partial charge in [0, 0.05) is 17.9 Å². The Morgan fingerprint density at radius 2 is 1.72 bits per heavy atom. The van der Waals surface area contributed by atoms with Gasteiger partial charge in [0.2, 0.25) is 11.6 Å². The van der Waals surface area contributed by atoms with Gasteiger partial charge >= 0.3 is 6.01 Å². The van der Waals surface area contributed by atoms with Crippen LogP contribution in [0.25, 0.3) is 17.5 Å². The van der Waals surface area contributed by atoms with Crippen LogP contribution in [0, 0.1) is 0 Å². The number of anilines is 1. The Hall–Kier alpha value is -3.86. The zero-order chi connectivity index (χ0) is 23.3. The van der Waals surface area contributed by atoms with Crippen molar-refractivity contribution in [2.45, 2.75) is 4.90 Å². The van der Waals surface area contributed by atoms with Crippen LogP contribution >= 0.6 is 0 Å². The van der Waals surface area contributed by atoms with E-state index in [0.717, 1.165) is 6.26 Å². The molecular weight excluding hydrogens is 438 g/mol. The zero-order valence-electron chi connectivity index (χ0n) is 17.8. The standard InChI is InChI=1S/C21H21N3O7S/c1-28-16-10-13(11-17(29-2)19(16)30-3)8-9-18(25)22-21-24-23-20(31-21)14-6-5-7-15(12-14)32(4,26)27/h5-12H,1-4H3,(H,22,24,25)/b9-8+. The van der Waals surface area contributed by atoms with Gasteiger partial charge in [0.05, 0.1) is 26.2 Å². The predicted molar refractivity (Wildman–Crippen MR) is 117 cm³/mol. The molecule has 1 N–H and O–H groups in total. The van der Waals surface area contributed by atoms with Gasteiger partial charge in [-0.2, -0.15) is 0 Å². The van der Waals surface area contributed by atoms with Gasteiger partial charge in [-0.3, -0.25) is 10.1 Å². The van der Waals surface area contributed by atoms with Crippen molar-refractivity contribution in [2.75, 3.05) is 32.9 Å². The van der Waals surface area contributed by atoms with Crippen LogP contribution in [0.5, 0.6) is 17.2 Å². The number of nitrogens with zero attached hydrogens (tertiary/aromatic N) is 2. The number of sulfone groups is 1. The monoisotopic (exact) mass is 459 g/mol. The second-order valence-corrected chi connectivity index (χ2v) is 8.51. The number of benzene rings is 2. The van der Waals surface area contributed by atoms with Gasteiger partial charge in [-0.1, -0.05) is 11.2 Å². The molecule has 1 amide bonds. The topological polar surface area (TPSA) is 130 Å². The van der Waals surface area contributed by atoms with Crippen LogP contribution in [0.4, 0.5) is 6.01 Å². The fraction of sp³-hybridized carbons (Fsp3) is 0.190. The van der Waals surface area contributed by atoms with Crippen molar-refractivity contribution in [1.29, 1.82) is 0 Å². The van der Waals surface area contributed by atoms with Crippen molar-refractivity contribution >= 4 is 27.8 Å². The number of amides is 1. The summed E-state index contributed by atoms with van der Waals surface area (Å²) in [6.07, 6.45) is 3.92. The van der Waals surface area contributed by atoms with E-state index in [0.29, 0.717) is 28.4 Å². The first-order chi connectivity index (χ1) is 15.2. The van der Waals surface area contributed by atoms with Crippen molar-refractivity contribution in [3.63, 3.8) is 0 Å². The van der Waals surface area contributed by atoms with E-state index in [9.17, 15) is 13.2 Å². The molecule has 32 heavy (non-hydrogen) atoms. The molecule has 0 aliphatic rings. The Morgan fingerprint density at radius 3 is 2.31 bits per heavy atom. The summed E-state index contributed by atoms with van der Waals surface area (Å²) in [6, 6.07) is 9.30. The molecule has 0 saturated heterocycles. The summed E-state index contributed by atoms with van der Waals surface area (Å²) in [5.41, 5.74) is 1.05. The molecule has 0 radical (unpaired) electrons. The summed E-state index contributed by atoms with van der Waals surface area (Å²) >= 11 is 0. The number of nitrogens with one attached hydrogen (secondary N) is 1. The molecule has 11 heteroatoms. The Bertz CT molecular complexity index is 1240. The molecule has 0 aliphatic heterocycles. The molecule has 0 atom stereocenters. The zero-order valence-corrected chi connectivity index (χ0v) is 18.6. The highest BCUT2D eigenvalue weighted by Gasteiger charge is 2.14. The summed E-state index contributed by atoms with van der Waals surface area (Å²) < 4.78 is 44.7. The van der Waals surface area contributed by atoms with Crippen LogP contribution < -0.4 is 19.5 Å². The summed E-state index contributed by atoms with van der Waals surface area (Å²) in [6.45, 7) is 0. The molecule has 0 fully saturated rings. The quantitative estimate of drug-likeness (QED) is 0.505. The van der Waals surface area contributed by atoms with Crippen molar-refractivity contribution in [3.8, 4) is 28.7 Å². The van der Waals surface area contributed by atoms with Crippen LogP contribution in [-0.4, -0.2) is 52.1 Å². The third-order valence-electron chi connectivity index (χ3n) is 4.28. The highest BCUT2D eigenvalue weighted by Crippen LogP contribution is 2.38. The number of hydrogen-bond acceptors (Lipinski definition) is 9. The van der Waals surface area contributed by atoms with Gasteiger partial charge in [0.1, 0.15) is 0 Å². The Morgan fingerprint density at radius 1 is 1.03 bits per heavy atom. The minimum Gasteiger partial charge on any atom is -0.493 e. The molecule has 1 aromatic heterocycles. The van der Waals surface area contributed by atoms with Crippen molar-refractivity contribution in [2.24, 2.45) is 0 Å². The first kappa shape index (κ1) is 22.8. The van der Waals surface area contributed by atoms with E-state index in [-0.39, 0.29) is 16.8 Å². The van der Waals surface area contributed by atoms with Crippen LogP contribution in [0.15, 0.2) is 51.8 Å². The van der Waals surface area contributed by atoms with Gasteiger partial charge in [-0.05, 0) is 42.0 Å². The average molecular weight is 459 g/mol. The van der Waals surface area contributed by atoms with Crippen LogP contribution in [0.1, 0.15) is 5.56 Å². The first-order valence-corrected chi connectivity index (χ1v) is 11.1. The number of aromatic nitrogens is 2. The maximum Gasteiger partial charge on any atom is 0.322 e. The normalized spacial score (nSPS) is 11.4. The predicted octanol–water partition coefficient (Wildman–Crippen LogP) is 2.82. The van der Waals surface area contributed by atoms with Crippen LogP contribution in [-0.2, 0) is 14.6 Å². The molecule has 168 valence electrons. The largest absolute Gasteiger partial charge is 0.493 e. The SMILES string of the molecule is COc1cc(/C=C/C(=O)Nc2nnc(-c3cccc(S(C)(=O)=O)c3)o2)cc(OC)c1OC.